The molecule has 1 fully saturated rings. The van der Waals surface area contributed by atoms with E-state index >= 15 is 0 Å². The Kier molecular flexibility index (Phi) is 5.95. The lowest BCUT2D eigenvalue weighted by Gasteiger charge is -2.35. The fourth-order valence-corrected chi connectivity index (χ4v) is 5.58. The van der Waals surface area contributed by atoms with Crippen LogP contribution in [0.5, 0.6) is 0 Å². The second-order valence-electron chi connectivity index (χ2n) is 8.78. The number of benzene rings is 2. The van der Waals surface area contributed by atoms with Crippen molar-refractivity contribution >= 4 is 33.4 Å². The molecule has 0 radical (unpaired) electrons. The lowest BCUT2D eigenvalue weighted by atomic mass is 10.2. The molecule has 0 spiro atoms. The molecule has 4 rings (SSSR count). The first-order valence-corrected chi connectivity index (χ1v) is 11.8. The molecule has 0 unspecified atom stereocenters. The number of rotatable bonds is 3. The quantitative estimate of drug-likeness (QED) is 0.666. The van der Waals surface area contributed by atoms with Crippen LogP contribution in [0.15, 0.2) is 42.5 Å². The monoisotopic (exact) mass is 481 g/mol. The zero-order chi connectivity index (χ0) is 24.0. The number of carbonyl (C=O) groups excluding carboxylic acids is 1. The summed E-state index contributed by atoms with van der Waals surface area (Å²) < 4.78 is 68.9. The third kappa shape index (κ3) is 4.47. The van der Waals surface area contributed by atoms with E-state index in [1.165, 1.54) is 17.0 Å². The molecule has 0 N–H and O–H groups in total. The second-order valence-corrected chi connectivity index (χ2v) is 10.5. The summed E-state index contributed by atoms with van der Waals surface area (Å²) in [5, 5.41) is 0. The van der Waals surface area contributed by atoms with Crippen LogP contribution in [0.4, 0.5) is 30.6 Å². The summed E-state index contributed by atoms with van der Waals surface area (Å²) in [6.07, 6.45) is -1.19. The number of anilines is 3. The van der Waals surface area contributed by atoms with Gasteiger partial charge in [0.2, 0.25) is 0 Å². The van der Waals surface area contributed by atoms with Crippen LogP contribution < -0.4 is 8.61 Å². The van der Waals surface area contributed by atoms with E-state index in [1.807, 2.05) is 0 Å². The molecule has 11 heteroatoms. The number of hydrogen-bond acceptors (Lipinski definition) is 5. The van der Waals surface area contributed by atoms with Crippen molar-refractivity contribution < 1.29 is 31.5 Å². The van der Waals surface area contributed by atoms with Crippen molar-refractivity contribution in [2.24, 2.45) is 0 Å². The molecule has 1 saturated heterocycles. The first-order valence-electron chi connectivity index (χ1n) is 10.4. The lowest BCUT2D eigenvalue weighted by Crippen LogP contribution is -2.51. The van der Waals surface area contributed by atoms with Crippen LogP contribution in [-0.2, 0) is 19.7 Å². The first kappa shape index (κ1) is 23.2. The highest BCUT2D eigenvalue weighted by Crippen LogP contribution is 2.46. The number of nitrogens with zero attached hydrogens (tertiary/aromatic N) is 3. The Bertz CT molecular complexity index is 1150. The van der Waals surface area contributed by atoms with Crippen molar-refractivity contribution in [3.63, 3.8) is 0 Å². The number of fused-ring (bicyclic) bond motifs is 1. The van der Waals surface area contributed by atoms with Gasteiger partial charge in [-0.25, -0.2) is 22.2 Å². The fourth-order valence-electron chi connectivity index (χ4n) is 3.81. The van der Waals surface area contributed by atoms with Crippen molar-refractivity contribution in [1.82, 2.24) is 4.90 Å². The van der Waals surface area contributed by atoms with Crippen LogP contribution in [-0.4, -0.2) is 57.4 Å². The van der Waals surface area contributed by atoms with Crippen molar-refractivity contribution in [3.05, 3.63) is 54.1 Å². The van der Waals surface area contributed by atoms with Gasteiger partial charge in [-0.15, -0.1) is 0 Å². The minimum Gasteiger partial charge on any atom is -0.444 e. The standard InChI is InChI=1S/C22H25F2N3O5S/c1-22(2,3)32-21(28)25-11-12-31-15(13-25)14-26-18-9-4-5-10-19(18)27(33(26,29)30)20-16(23)7-6-8-17(20)24/h4-10,15H,11-14H2,1-3H3/t15-/m1/s1. The Balaban J connectivity index is 1.63. The molecule has 2 aromatic carbocycles. The van der Waals surface area contributed by atoms with E-state index in [4.69, 9.17) is 9.47 Å². The number of amides is 1. The van der Waals surface area contributed by atoms with E-state index in [0.717, 1.165) is 16.4 Å². The van der Waals surface area contributed by atoms with E-state index in [0.29, 0.717) is 10.8 Å². The Morgan fingerprint density at radius 1 is 1.09 bits per heavy atom. The van der Waals surface area contributed by atoms with Crippen molar-refractivity contribution in [3.8, 4) is 0 Å². The molecule has 0 bridgehead atoms. The van der Waals surface area contributed by atoms with Crippen LogP contribution >= 0.6 is 0 Å². The van der Waals surface area contributed by atoms with Crippen LogP contribution in [0.25, 0.3) is 0 Å². The fraction of sp³-hybridized carbons (Fsp3) is 0.409. The number of carbonyl (C=O) groups is 1. The number of halogens is 2. The van der Waals surface area contributed by atoms with E-state index < -0.39 is 45.3 Å². The second kappa shape index (κ2) is 8.45. The third-order valence-corrected chi connectivity index (χ3v) is 6.92. The number of ether oxygens (including phenoxy) is 2. The maximum atomic E-state index is 14.6. The molecule has 1 atom stereocenters. The maximum absolute atomic E-state index is 14.6. The van der Waals surface area contributed by atoms with E-state index in [2.05, 4.69) is 0 Å². The van der Waals surface area contributed by atoms with Gasteiger partial charge in [-0.05, 0) is 45.0 Å². The van der Waals surface area contributed by atoms with Gasteiger partial charge >= 0.3 is 16.3 Å². The molecule has 178 valence electrons. The molecule has 0 saturated carbocycles. The summed E-state index contributed by atoms with van der Waals surface area (Å²) in [5.41, 5.74) is -0.959. The average molecular weight is 482 g/mol. The predicted octanol–water partition coefficient (Wildman–Crippen LogP) is 3.80. The predicted molar refractivity (Wildman–Crippen MR) is 119 cm³/mol. The van der Waals surface area contributed by atoms with Gasteiger partial charge in [-0.1, -0.05) is 18.2 Å². The van der Waals surface area contributed by atoms with Gasteiger partial charge in [0.15, 0.2) is 11.6 Å². The summed E-state index contributed by atoms with van der Waals surface area (Å²) in [6, 6.07) is 9.43. The largest absolute Gasteiger partial charge is 0.444 e. The Morgan fingerprint density at radius 3 is 2.36 bits per heavy atom. The van der Waals surface area contributed by atoms with Gasteiger partial charge in [0.25, 0.3) is 0 Å². The summed E-state index contributed by atoms with van der Waals surface area (Å²) >= 11 is 0. The van der Waals surface area contributed by atoms with Crippen LogP contribution in [0.3, 0.4) is 0 Å². The lowest BCUT2D eigenvalue weighted by molar-refractivity contribution is -0.0380. The normalized spacial score (nSPS) is 20.0. The summed E-state index contributed by atoms with van der Waals surface area (Å²) in [7, 11) is -4.38. The Morgan fingerprint density at radius 2 is 1.73 bits per heavy atom. The zero-order valence-corrected chi connectivity index (χ0v) is 19.3. The average Bonchev–Trinajstić information content (AvgIpc) is 2.94. The molecule has 1 amide bonds. The number of morpholine rings is 1. The topological polar surface area (TPSA) is 79.4 Å². The Hall–Kier alpha value is -2.92. The highest BCUT2D eigenvalue weighted by Gasteiger charge is 2.45. The Labute approximate surface area is 191 Å². The number of hydrogen-bond donors (Lipinski definition) is 0. The van der Waals surface area contributed by atoms with Crippen molar-refractivity contribution in [2.75, 3.05) is 34.9 Å². The zero-order valence-electron chi connectivity index (χ0n) is 18.5. The SMILES string of the molecule is CC(C)(C)OC(=O)N1CCO[C@@H](CN2c3ccccc3N(c3c(F)cccc3F)S2(=O)=O)C1. The van der Waals surface area contributed by atoms with Crippen LogP contribution in [0.1, 0.15) is 20.8 Å². The minimum atomic E-state index is -4.38. The van der Waals surface area contributed by atoms with Crippen LogP contribution in [0.2, 0.25) is 0 Å². The molecule has 2 aliphatic rings. The summed E-state index contributed by atoms with van der Waals surface area (Å²) in [6.45, 7) is 5.74. The summed E-state index contributed by atoms with van der Waals surface area (Å²) in [5.74, 6) is -2.00. The van der Waals surface area contributed by atoms with E-state index in [9.17, 15) is 22.0 Å². The van der Waals surface area contributed by atoms with Gasteiger partial charge in [0.05, 0.1) is 37.2 Å². The van der Waals surface area contributed by atoms with Gasteiger partial charge in [0, 0.05) is 6.54 Å². The van der Waals surface area contributed by atoms with E-state index in [-0.39, 0.29) is 31.1 Å². The van der Waals surface area contributed by atoms with Crippen LogP contribution in [0, 0.1) is 11.6 Å². The molecule has 2 aliphatic heterocycles. The first-order chi connectivity index (χ1) is 15.5. The third-order valence-electron chi connectivity index (χ3n) is 5.18. The highest BCUT2D eigenvalue weighted by molar-refractivity contribution is 7.95. The van der Waals surface area contributed by atoms with E-state index in [1.54, 1.807) is 39.0 Å². The molecule has 33 heavy (non-hydrogen) atoms. The smallest absolute Gasteiger partial charge is 0.410 e. The summed E-state index contributed by atoms with van der Waals surface area (Å²) in [4.78, 5) is 13.9. The molecule has 0 aromatic heterocycles. The van der Waals surface area contributed by atoms with Gasteiger partial charge < -0.3 is 14.4 Å². The van der Waals surface area contributed by atoms with Gasteiger partial charge in [-0.3, -0.25) is 0 Å². The molecule has 2 heterocycles. The molecule has 2 aromatic rings. The minimum absolute atomic E-state index is 0.108. The molecule has 8 nitrogen and oxygen atoms in total. The molecular formula is C22H25F2N3O5S. The highest BCUT2D eigenvalue weighted by atomic mass is 32.2. The van der Waals surface area contributed by atoms with Crippen molar-refractivity contribution in [1.29, 1.82) is 0 Å². The van der Waals surface area contributed by atoms with Crippen molar-refractivity contribution in [2.45, 2.75) is 32.5 Å². The van der Waals surface area contributed by atoms with Gasteiger partial charge in [0.1, 0.15) is 11.3 Å². The van der Waals surface area contributed by atoms with Gasteiger partial charge in [-0.2, -0.15) is 8.42 Å². The molecular weight excluding hydrogens is 456 g/mol. The number of para-hydroxylation sites is 3. The maximum Gasteiger partial charge on any atom is 0.410 e. The molecule has 0 aliphatic carbocycles.